The lowest BCUT2D eigenvalue weighted by Gasteiger charge is -2.17. The van der Waals surface area contributed by atoms with Gasteiger partial charge in [-0.15, -0.1) is 0 Å². The van der Waals surface area contributed by atoms with E-state index in [1.54, 1.807) is 37.4 Å². The van der Waals surface area contributed by atoms with Crippen LogP contribution in [-0.4, -0.2) is 26.8 Å². The number of hydrogen-bond donors (Lipinski definition) is 2. The largest absolute Gasteiger partial charge is 0.490 e. The predicted molar refractivity (Wildman–Crippen MR) is 124 cm³/mol. The Morgan fingerprint density at radius 1 is 1.29 bits per heavy atom. The molecule has 0 aliphatic heterocycles. The van der Waals surface area contributed by atoms with Gasteiger partial charge in [-0.25, -0.2) is 4.98 Å². The minimum atomic E-state index is -0.502. The van der Waals surface area contributed by atoms with Crippen LogP contribution in [0.15, 0.2) is 41.2 Å². The van der Waals surface area contributed by atoms with Crippen molar-refractivity contribution in [1.82, 2.24) is 14.9 Å². The predicted octanol–water partition coefficient (Wildman–Crippen LogP) is 3.69. The molecule has 4 rings (SSSR count). The Balaban J connectivity index is 1.63. The summed E-state index contributed by atoms with van der Waals surface area (Å²) in [6.07, 6.45) is 1.95. The van der Waals surface area contributed by atoms with Crippen molar-refractivity contribution in [3.63, 3.8) is 0 Å². The van der Waals surface area contributed by atoms with E-state index in [1.807, 2.05) is 0 Å². The standard InChI is InChI=1S/C21H20Cl2N4O3S/c1-27-18-15(26-17(23)9-16(18)30-11-21(31-24)6-7-21)8-14(20(27)29)19(28)25-10-12-2-4-13(22)5-3-12/h2-5,8-9H,6-7,10-11,24H2,1H3,(H,25,28). The highest BCUT2D eigenvalue weighted by Gasteiger charge is 2.44. The van der Waals surface area contributed by atoms with Gasteiger partial charge in [0.25, 0.3) is 11.5 Å². The first-order valence-electron chi connectivity index (χ1n) is 9.55. The van der Waals surface area contributed by atoms with Gasteiger partial charge in [0, 0.05) is 24.7 Å². The van der Waals surface area contributed by atoms with Crippen molar-refractivity contribution in [1.29, 1.82) is 0 Å². The molecule has 7 nitrogen and oxygen atoms in total. The van der Waals surface area contributed by atoms with Crippen molar-refractivity contribution >= 4 is 52.1 Å². The number of fused-ring (bicyclic) bond motifs is 1. The highest BCUT2D eigenvalue weighted by atomic mass is 35.5. The molecule has 1 saturated carbocycles. The first-order valence-corrected chi connectivity index (χ1v) is 11.2. The Labute approximate surface area is 193 Å². The number of ether oxygens (including phenoxy) is 1. The van der Waals surface area contributed by atoms with Gasteiger partial charge in [0.15, 0.2) is 0 Å². The van der Waals surface area contributed by atoms with Crippen LogP contribution in [0.25, 0.3) is 11.0 Å². The molecule has 2 heterocycles. The van der Waals surface area contributed by atoms with E-state index in [1.165, 1.54) is 22.6 Å². The number of amides is 1. The van der Waals surface area contributed by atoms with Crippen LogP contribution >= 0.6 is 35.1 Å². The van der Waals surface area contributed by atoms with Crippen molar-refractivity contribution in [2.24, 2.45) is 12.2 Å². The molecular formula is C21H20Cl2N4O3S. The molecule has 31 heavy (non-hydrogen) atoms. The molecule has 0 bridgehead atoms. The van der Waals surface area contributed by atoms with E-state index < -0.39 is 11.5 Å². The third-order valence-corrected chi connectivity index (χ3v) is 6.74. The summed E-state index contributed by atoms with van der Waals surface area (Å²) in [6.45, 7) is 0.661. The highest BCUT2D eigenvalue weighted by molar-refractivity contribution is 7.98. The number of aryl methyl sites for hydroxylation is 1. The molecule has 162 valence electrons. The molecule has 10 heteroatoms. The summed E-state index contributed by atoms with van der Waals surface area (Å²) >= 11 is 13.3. The van der Waals surface area contributed by atoms with Crippen molar-refractivity contribution in [3.05, 3.63) is 68.1 Å². The number of carbonyl (C=O) groups is 1. The Morgan fingerprint density at radius 3 is 2.65 bits per heavy atom. The van der Waals surface area contributed by atoms with Gasteiger partial charge in [-0.1, -0.05) is 47.3 Å². The van der Waals surface area contributed by atoms with Gasteiger partial charge in [-0.3, -0.25) is 14.7 Å². The minimum Gasteiger partial charge on any atom is -0.490 e. The quantitative estimate of drug-likeness (QED) is 0.396. The third-order valence-electron chi connectivity index (χ3n) is 5.26. The summed E-state index contributed by atoms with van der Waals surface area (Å²) in [6, 6.07) is 10.1. The van der Waals surface area contributed by atoms with E-state index >= 15 is 0 Å². The highest BCUT2D eigenvalue weighted by Crippen LogP contribution is 2.46. The molecule has 1 fully saturated rings. The topological polar surface area (TPSA) is 99.2 Å². The number of nitrogens with two attached hydrogens (primary N) is 1. The van der Waals surface area contributed by atoms with E-state index in [4.69, 9.17) is 33.1 Å². The monoisotopic (exact) mass is 478 g/mol. The maximum absolute atomic E-state index is 12.9. The van der Waals surface area contributed by atoms with Crippen molar-refractivity contribution in [2.75, 3.05) is 6.61 Å². The number of nitrogens with one attached hydrogen (secondary N) is 1. The number of pyridine rings is 2. The average Bonchev–Trinajstić information content (AvgIpc) is 3.54. The molecule has 0 radical (unpaired) electrons. The Kier molecular flexibility index (Phi) is 6.16. The lowest BCUT2D eigenvalue weighted by molar-refractivity contribution is 0.0949. The smallest absolute Gasteiger partial charge is 0.263 e. The van der Waals surface area contributed by atoms with Crippen LogP contribution in [0, 0.1) is 0 Å². The van der Waals surface area contributed by atoms with Crippen molar-refractivity contribution < 1.29 is 9.53 Å². The van der Waals surface area contributed by atoms with E-state index in [-0.39, 0.29) is 22.0 Å². The SMILES string of the molecule is Cn1c(=O)c(C(=O)NCc2ccc(Cl)cc2)cc2nc(Cl)cc(OCC3(SN)CC3)c21. The maximum atomic E-state index is 12.9. The fourth-order valence-electron chi connectivity index (χ4n) is 3.22. The summed E-state index contributed by atoms with van der Waals surface area (Å²) in [5, 5.41) is 9.32. The number of rotatable bonds is 7. The van der Waals surface area contributed by atoms with Crippen LogP contribution in [0.3, 0.4) is 0 Å². The molecule has 1 aliphatic carbocycles. The van der Waals surface area contributed by atoms with Gasteiger partial charge in [-0.05, 0) is 36.6 Å². The first-order chi connectivity index (χ1) is 14.8. The molecule has 0 saturated heterocycles. The molecular weight excluding hydrogens is 459 g/mol. The molecule has 2 aromatic heterocycles. The lowest BCUT2D eigenvalue weighted by Crippen LogP contribution is -2.32. The van der Waals surface area contributed by atoms with Gasteiger partial charge in [0.05, 0.1) is 10.3 Å². The first kappa shape index (κ1) is 22.0. The number of halogens is 2. The number of benzene rings is 1. The summed E-state index contributed by atoms with van der Waals surface area (Å²) in [7, 11) is 1.58. The zero-order valence-corrected chi connectivity index (χ0v) is 19.0. The lowest BCUT2D eigenvalue weighted by atomic mass is 10.2. The number of hydrogen-bond acceptors (Lipinski definition) is 6. The van der Waals surface area contributed by atoms with Crippen LogP contribution < -0.4 is 20.8 Å². The van der Waals surface area contributed by atoms with Crippen LogP contribution in [0.2, 0.25) is 10.2 Å². The molecule has 1 aromatic carbocycles. The van der Waals surface area contributed by atoms with E-state index in [2.05, 4.69) is 10.3 Å². The summed E-state index contributed by atoms with van der Waals surface area (Å²) in [5.41, 5.74) is 1.25. The second-order valence-electron chi connectivity index (χ2n) is 7.50. The van der Waals surface area contributed by atoms with Crippen molar-refractivity contribution in [3.8, 4) is 5.75 Å². The Bertz CT molecular complexity index is 1210. The van der Waals surface area contributed by atoms with E-state index in [0.717, 1.165) is 18.4 Å². The van der Waals surface area contributed by atoms with Gasteiger partial charge in [0.1, 0.15) is 28.6 Å². The Hall–Kier alpha value is -2.26. The summed E-state index contributed by atoms with van der Waals surface area (Å²) < 4.78 is 7.24. The van der Waals surface area contributed by atoms with Crippen LogP contribution in [0.1, 0.15) is 28.8 Å². The third kappa shape index (κ3) is 4.67. The normalized spacial score (nSPS) is 14.5. The number of carbonyl (C=O) groups excluding carboxylic acids is 1. The fourth-order valence-corrected chi connectivity index (χ4v) is 4.00. The van der Waals surface area contributed by atoms with Gasteiger partial charge < -0.3 is 14.6 Å². The van der Waals surface area contributed by atoms with Crippen molar-refractivity contribution in [2.45, 2.75) is 24.1 Å². The summed E-state index contributed by atoms with van der Waals surface area (Å²) in [5.74, 6) is -0.0683. The van der Waals surface area contributed by atoms with Gasteiger partial charge in [0.2, 0.25) is 0 Å². The van der Waals surface area contributed by atoms with Crippen LogP contribution in [-0.2, 0) is 13.6 Å². The van der Waals surface area contributed by atoms with Gasteiger partial charge in [-0.2, -0.15) is 0 Å². The Morgan fingerprint density at radius 2 is 2.00 bits per heavy atom. The van der Waals surface area contributed by atoms with E-state index in [0.29, 0.717) is 28.4 Å². The van der Waals surface area contributed by atoms with E-state index in [9.17, 15) is 9.59 Å². The number of nitrogens with zero attached hydrogens (tertiary/aromatic N) is 2. The number of aromatic nitrogens is 2. The zero-order chi connectivity index (χ0) is 22.2. The zero-order valence-electron chi connectivity index (χ0n) is 16.7. The van der Waals surface area contributed by atoms with Crippen LogP contribution in [0.5, 0.6) is 5.75 Å². The molecule has 0 atom stereocenters. The molecule has 0 spiro atoms. The maximum Gasteiger partial charge on any atom is 0.263 e. The molecule has 0 unspecified atom stereocenters. The molecule has 1 amide bonds. The second kappa shape index (κ2) is 8.70. The molecule has 3 aromatic rings. The molecule has 1 aliphatic rings. The summed E-state index contributed by atoms with van der Waals surface area (Å²) in [4.78, 5) is 29.9. The molecule has 3 N–H and O–H groups in total. The van der Waals surface area contributed by atoms with Crippen LogP contribution in [0.4, 0.5) is 0 Å². The van der Waals surface area contributed by atoms with Gasteiger partial charge >= 0.3 is 0 Å². The second-order valence-corrected chi connectivity index (χ2v) is 9.42. The fraction of sp³-hybridized carbons (Fsp3) is 0.286. The minimum absolute atomic E-state index is 0.0270. The average molecular weight is 479 g/mol.